The number of hydrogen-bond donors (Lipinski definition) is 0. The van der Waals surface area contributed by atoms with Crippen LogP contribution in [0.2, 0.25) is 0 Å². The Morgan fingerprint density at radius 2 is 0.977 bits per heavy atom. The first-order chi connectivity index (χ1) is 19.7. The average Bonchev–Trinajstić information content (AvgIpc) is 3.34. The number of benzene rings is 4. The summed E-state index contributed by atoms with van der Waals surface area (Å²) in [5, 5.41) is 6.18. The summed E-state index contributed by atoms with van der Waals surface area (Å²) in [6.07, 6.45) is 4.50. The predicted molar refractivity (Wildman–Crippen MR) is 176 cm³/mol. The minimum absolute atomic E-state index is 0. The molecule has 228 valence electrons. The molecule has 1 aliphatic carbocycles. The summed E-state index contributed by atoms with van der Waals surface area (Å²) < 4.78 is 1.45. The molecule has 4 aromatic carbocycles. The number of halogens is 3. The van der Waals surface area contributed by atoms with E-state index in [1.165, 1.54) is 41.7 Å². The molecule has 4 aromatic rings. The third-order valence-corrected chi connectivity index (χ3v) is 14.6. The molecule has 1 aliphatic rings. The van der Waals surface area contributed by atoms with Crippen LogP contribution in [0.25, 0.3) is 0 Å². The summed E-state index contributed by atoms with van der Waals surface area (Å²) in [5.41, 5.74) is 7.20. The quantitative estimate of drug-likeness (QED) is 0.163. The van der Waals surface area contributed by atoms with E-state index in [0.29, 0.717) is 17.8 Å². The van der Waals surface area contributed by atoms with E-state index < -0.39 is 8.07 Å². The zero-order valence-corrected chi connectivity index (χ0v) is 31.5. The van der Waals surface area contributed by atoms with E-state index in [4.69, 9.17) is 0 Å². The number of hydrogen-bond acceptors (Lipinski definition) is 0. The molecule has 5 heteroatoms. The molecule has 0 unspecified atom stereocenters. The van der Waals surface area contributed by atoms with Gasteiger partial charge in [0, 0.05) is 0 Å². The van der Waals surface area contributed by atoms with Crippen LogP contribution in [0.15, 0.2) is 124 Å². The Kier molecular flexibility index (Phi) is 14.5. The van der Waals surface area contributed by atoms with E-state index in [1.54, 1.807) is 10.8 Å². The minimum atomic E-state index is -2.65. The van der Waals surface area contributed by atoms with Crippen molar-refractivity contribution >= 4 is 23.6 Å². The van der Waals surface area contributed by atoms with E-state index in [-0.39, 0.29) is 37.2 Å². The molecule has 0 aliphatic heterocycles. The van der Waals surface area contributed by atoms with Gasteiger partial charge in [-0.2, -0.15) is 0 Å². The normalized spacial score (nSPS) is 13.0. The van der Waals surface area contributed by atoms with Crippen molar-refractivity contribution in [2.45, 2.75) is 72.1 Å². The van der Waals surface area contributed by atoms with Gasteiger partial charge in [-0.3, -0.25) is 0 Å². The molecular weight excluding hydrogens is 651 g/mol. The topological polar surface area (TPSA) is 0 Å². The van der Waals surface area contributed by atoms with Crippen LogP contribution < -0.4 is 52.8 Å². The van der Waals surface area contributed by atoms with Crippen LogP contribution in [-0.2, 0) is 26.9 Å². The molecule has 0 bridgehead atoms. The van der Waals surface area contributed by atoms with Crippen LogP contribution in [0, 0.1) is 0 Å². The van der Waals surface area contributed by atoms with Crippen molar-refractivity contribution in [1.82, 2.24) is 0 Å². The van der Waals surface area contributed by atoms with Crippen LogP contribution in [-0.4, -0.2) is 8.07 Å². The molecule has 0 spiro atoms. The van der Waals surface area contributed by atoms with Crippen molar-refractivity contribution in [2.24, 2.45) is 0 Å². The van der Waals surface area contributed by atoms with Gasteiger partial charge in [-0.15, -0.1) is 0 Å². The van der Waals surface area contributed by atoms with E-state index in [2.05, 4.69) is 171 Å². The van der Waals surface area contributed by atoms with Crippen LogP contribution in [0.5, 0.6) is 0 Å². The number of allylic oxidation sites excluding steroid dienone is 4. The van der Waals surface area contributed by atoms with Gasteiger partial charge in [-0.05, 0) is 0 Å². The maximum absolute atomic E-state index is 2.65. The van der Waals surface area contributed by atoms with Gasteiger partial charge in [0.05, 0.1) is 0 Å². The van der Waals surface area contributed by atoms with E-state index >= 15 is 0 Å². The van der Waals surface area contributed by atoms with Crippen molar-refractivity contribution < 1.29 is 57.7 Å². The predicted octanol–water partition coefficient (Wildman–Crippen LogP) is -0.548. The summed E-state index contributed by atoms with van der Waals surface area (Å²) in [7, 11) is -2.65. The zero-order chi connectivity index (χ0) is 29.1. The molecular formula is C39H43Cl3SiTi. The van der Waals surface area contributed by atoms with E-state index in [0.717, 1.165) is 12.8 Å². The molecule has 0 nitrogen and oxygen atoms in total. The van der Waals surface area contributed by atoms with Crippen LogP contribution in [0.4, 0.5) is 0 Å². The Balaban J connectivity index is 0.00000225. The summed E-state index contributed by atoms with van der Waals surface area (Å²) >= 11 is 2.34. The SMILES string of the molecule is CC(C)c1cccc([Si](C2=C(Cc3ccccc3)[C]([Ti+3])=CC2)(c2cccc(C(C)C)c2)c2cccc(C(C)C)c2)c1.[Cl-].[Cl-].[Cl-]. The Morgan fingerprint density at radius 1 is 0.568 bits per heavy atom. The second-order valence-corrected chi connectivity index (χ2v) is 17.2. The summed E-state index contributed by atoms with van der Waals surface area (Å²) in [6, 6.07) is 40.0. The molecule has 0 atom stereocenters. The molecule has 0 heterocycles. The first-order valence-electron chi connectivity index (χ1n) is 15.2. The monoisotopic (exact) mass is 692 g/mol. The summed E-state index contributed by atoms with van der Waals surface area (Å²) in [4.78, 5) is 0. The molecule has 0 amide bonds. The fourth-order valence-corrected chi connectivity index (χ4v) is 12.5. The Labute approximate surface area is 297 Å². The fourth-order valence-electron chi connectivity index (χ4n) is 6.41. The van der Waals surface area contributed by atoms with Crippen molar-refractivity contribution in [1.29, 1.82) is 0 Å². The second-order valence-electron chi connectivity index (χ2n) is 12.5. The van der Waals surface area contributed by atoms with Crippen LogP contribution in [0.3, 0.4) is 0 Å². The molecule has 0 fully saturated rings. The van der Waals surface area contributed by atoms with Crippen LogP contribution in [0.1, 0.15) is 88.0 Å². The van der Waals surface area contributed by atoms with Gasteiger partial charge in [-0.1, -0.05) is 0 Å². The first kappa shape index (κ1) is 38.3. The van der Waals surface area contributed by atoms with Crippen molar-refractivity contribution in [3.8, 4) is 0 Å². The van der Waals surface area contributed by atoms with Gasteiger partial charge in [0.25, 0.3) is 0 Å². The molecule has 0 N–H and O–H groups in total. The number of rotatable bonds is 9. The van der Waals surface area contributed by atoms with Crippen molar-refractivity contribution in [3.05, 3.63) is 146 Å². The Bertz CT molecular complexity index is 1460. The summed E-state index contributed by atoms with van der Waals surface area (Å²) in [6.45, 7) is 13.9. The Morgan fingerprint density at radius 3 is 1.36 bits per heavy atom. The zero-order valence-electron chi connectivity index (χ0n) is 26.7. The first-order valence-corrected chi connectivity index (χ1v) is 18.0. The third kappa shape index (κ3) is 7.75. The second kappa shape index (κ2) is 16.6. The minimum Gasteiger partial charge on any atom is -1.00 e. The largest absolute Gasteiger partial charge is 1.00 e. The maximum atomic E-state index is 2.56. The van der Waals surface area contributed by atoms with Crippen molar-refractivity contribution in [3.63, 3.8) is 0 Å². The summed E-state index contributed by atoms with van der Waals surface area (Å²) in [5.74, 6) is 1.44. The Hall–Kier alpha value is -1.84. The average molecular weight is 694 g/mol. The molecule has 0 radical (unpaired) electrons. The van der Waals surface area contributed by atoms with Gasteiger partial charge < -0.3 is 37.2 Å². The van der Waals surface area contributed by atoms with Gasteiger partial charge in [0.1, 0.15) is 0 Å². The third-order valence-electron chi connectivity index (χ3n) is 8.84. The van der Waals surface area contributed by atoms with Gasteiger partial charge in [0.15, 0.2) is 0 Å². The van der Waals surface area contributed by atoms with Gasteiger partial charge >= 0.3 is 262 Å². The van der Waals surface area contributed by atoms with Gasteiger partial charge in [0.2, 0.25) is 0 Å². The van der Waals surface area contributed by atoms with E-state index in [1.807, 2.05) is 0 Å². The standard InChI is InChI=1S/C39H43Si.3ClH.Ti/c1-28(2)32-16-10-20-36(25-32)40(37-21-11-17-33(26-37)29(3)4,38-22-12-18-34(27-38)30(5)6)39-23-13-19-35(39)24-31-14-8-7-9-15-31;;;;/h7-18,20-22,25-30H,23-24H2,1-6H3;3*1H;/q;;;;+3/p-3. The molecule has 0 saturated heterocycles. The maximum Gasteiger partial charge on any atom is -1.00 e. The fraction of sp³-hybridized carbons (Fsp3) is 0.282. The molecule has 0 saturated carbocycles. The molecule has 0 aromatic heterocycles. The van der Waals surface area contributed by atoms with E-state index in [9.17, 15) is 0 Å². The van der Waals surface area contributed by atoms with Crippen molar-refractivity contribution in [2.75, 3.05) is 0 Å². The van der Waals surface area contributed by atoms with Crippen LogP contribution >= 0.6 is 0 Å². The molecule has 5 rings (SSSR count). The smallest absolute Gasteiger partial charge is 1.00 e. The van der Waals surface area contributed by atoms with Gasteiger partial charge in [-0.25, -0.2) is 0 Å². The molecule has 44 heavy (non-hydrogen) atoms.